The number of fused-ring (bicyclic) bond motifs is 3. The van der Waals surface area contributed by atoms with Crippen molar-refractivity contribution in [3.05, 3.63) is 102 Å². The average molecular weight is 589 g/mol. The van der Waals surface area contributed by atoms with Crippen molar-refractivity contribution in [2.24, 2.45) is 5.11 Å². The Hall–Kier alpha value is -6.70. The molecular formula is C30H20N8O6. The lowest BCUT2D eigenvalue weighted by atomic mass is 10.1. The SMILES string of the molecule is N=N/C(=C\Nc1ccc(C(=O)O)c(O)c1)c1ccc2ccc3ccc(-c4cn(-c5ccc(C(=O)O)c(O)c5)nn4)nc3c2n1. The van der Waals surface area contributed by atoms with Crippen molar-refractivity contribution in [3.63, 3.8) is 0 Å². The second-order valence-electron chi connectivity index (χ2n) is 9.48. The van der Waals surface area contributed by atoms with Crippen molar-refractivity contribution in [3.8, 4) is 28.6 Å². The van der Waals surface area contributed by atoms with Gasteiger partial charge < -0.3 is 25.7 Å². The van der Waals surface area contributed by atoms with E-state index in [-0.39, 0.29) is 16.8 Å². The van der Waals surface area contributed by atoms with Crippen molar-refractivity contribution < 1.29 is 30.0 Å². The van der Waals surface area contributed by atoms with Gasteiger partial charge in [-0.3, -0.25) is 0 Å². The highest BCUT2D eigenvalue weighted by Gasteiger charge is 2.15. The highest BCUT2D eigenvalue weighted by molar-refractivity contribution is 6.03. The van der Waals surface area contributed by atoms with Gasteiger partial charge in [0.2, 0.25) is 0 Å². The Labute approximate surface area is 246 Å². The van der Waals surface area contributed by atoms with E-state index < -0.39 is 23.4 Å². The third-order valence-corrected chi connectivity index (χ3v) is 6.74. The molecule has 0 atom stereocenters. The summed E-state index contributed by atoms with van der Waals surface area (Å²) in [6, 6.07) is 19.0. The fourth-order valence-electron chi connectivity index (χ4n) is 4.52. The number of aromatic hydroxyl groups is 2. The number of carboxylic acids is 2. The highest BCUT2D eigenvalue weighted by Crippen LogP contribution is 2.29. The summed E-state index contributed by atoms with van der Waals surface area (Å²) in [6.45, 7) is 0. The lowest BCUT2D eigenvalue weighted by Crippen LogP contribution is -1.99. The number of phenols is 2. The van der Waals surface area contributed by atoms with E-state index in [4.69, 9.17) is 25.7 Å². The van der Waals surface area contributed by atoms with Crippen LogP contribution in [0, 0.1) is 5.53 Å². The molecule has 3 aromatic carbocycles. The smallest absolute Gasteiger partial charge is 0.339 e. The second kappa shape index (κ2) is 10.9. The van der Waals surface area contributed by atoms with E-state index in [0.29, 0.717) is 39.5 Å². The fraction of sp³-hybridized carbons (Fsp3) is 0. The van der Waals surface area contributed by atoms with Crippen LogP contribution in [0.4, 0.5) is 5.69 Å². The van der Waals surface area contributed by atoms with Crippen LogP contribution in [0.1, 0.15) is 26.4 Å². The maximum atomic E-state index is 11.2. The van der Waals surface area contributed by atoms with Crippen molar-refractivity contribution in [1.82, 2.24) is 25.0 Å². The first-order chi connectivity index (χ1) is 21.2. The van der Waals surface area contributed by atoms with Crippen LogP contribution in [0.15, 0.2) is 90.3 Å². The molecule has 14 nitrogen and oxygen atoms in total. The Balaban J connectivity index is 1.35. The Morgan fingerprint density at radius 1 is 0.795 bits per heavy atom. The minimum atomic E-state index is -1.26. The average Bonchev–Trinajstić information content (AvgIpc) is 3.51. The maximum absolute atomic E-state index is 11.2. The number of pyridine rings is 2. The molecule has 44 heavy (non-hydrogen) atoms. The number of benzene rings is 3. The lowest BCUT2D eigenvalue weighted by Gasteiger charge is -2.08. The molecule has 216 valence electrons. The highest BCUT2D eigenvalue weighted by atomic mass is 16.4. The Kier molecular flexibility index (Phi) is 6.83. The first-order valence-corrected chi connectivity index (χ1v) is 12.8. The summed E-state index contributed by atoms with van der Waals surface area (Å²) in [5.41, 5.74) is 10.6. The zero-order valence-corrected chi connectivity index (χ0v) is 22.4. The molecule has 0 aliphatic rings. The van der Waals surface area contributed by atoms with E-state index in [9.17, 15) is 19.8 Å². The standard InChI is InChI=1S/C30H20N8O6/c31-35-23(13-32-17-5-7-19(29(41)42)25(39)11-17)21-9-3-15-1-2-16-4-10-22(34-28(16)27(15)33-21)24-14-38(37-36-24)18-6-8-20(30(43)44)26(40)12-18/h1-14,31-32,39-40H,(H,41,42)(H,43,44)/b23-13-,35-31?. The Morgan fingerprint density at radius 3 is 2.09 bits per heavy atom. The summed E-state index contributed by atoms with van der Waals surface area (Å²) >= 11 is 0. The molecule has 0 amide bonds. The molecule has 0 unspecified atom stereocenters. The third-order valence-electron chi connectivity index (χ3n) is 6.74. The van der Waals surface area contributed by atoms with Crippen molar-refractivity contribution in [1.29, 1.82) is 5.53 Å². The maximum Gasteiger partial charge on any atom is 0.339 e. The number of carboxylic acid groups (broad SMARTS) is 2. The van der Waals surface area contributed by atoms with E-state index in [1.165, 1.54) is 47.3 Å². The molecule has 0 fully saturated rings. The molecule has 0 aliphatic heterocycles. The van der Waals surface area contributed by atoms with Crippen LogP contribution < -0.4 is 5.32 Å². The van der Waals surface area contributed by atoms with Gasteiger partial charge in [-0.25, -0.2) is 29.8 Å². The van der Waals surface area contributed by atoms with Crippen molar-refractivity contribution >= 4 is 45.1 Å². The molecule has 0 bridgehead atoms. The zero-order valence-electron chi connectivity index (χ0n) is 22.4. The van der Waals surface area contributed by atoms with Crippen LogP contribution in [0.2, 0.25) is 0 Å². The molecule has 0 aliphatic carbocycles. The fourth-order valence-corrected chi connectivity index (χ4v) is 4.52. The molecule has 6 aromatic rings. The largest absolute Gasteiger partial charge is 0.507 e. The Morgan fingerprint density at radius 2 is 1.43 bits per heavy atom. The molecule has 0 saturated heterocycles. The van der Waals surface area contributed by atoms with E-state index in [1.54, 1.807) is 18.3 Å². The van der Waals surface area contributed by atoms with Gasteiger partial charge in [0, 0.05) is 34.8 Å². The van der Waals surface area contributed by atoms with Crippen LogP contribution in [0.3, 0.4) is 0 Å². The summed E-state index contributed by atoms with van der Waals surface area (Å²) in [5, 5.41) is 54.6. The van der Waals surface area contributed by atoms with Gasteiger partial charge in [-0.2, -0.15) is 5.11 Å². The van der Waals surface area contributed by atoms with Crippen molar-refractivity contribution in [2.75, 3.05) is 5.32 Å². The molecule has 0 spiro atoms. The van der Waals surface area contributed by atoms with Gasteiger partial charge >= 0.3 is 11.9 Å². The molecular weight excluding hydrogens is 568 g/mol. The number of hydrogen-bond donors (Lipinski definition) is 6. The van der Waals surface area contributed by atoms with Crippen LogP contribution in [0.25, 0.3) is 44.6 Å². The summed E-state index contributed by atoms with van der Waals surface area (Å²) in [6.07, 6.45) is 3.01. The van der Waals surface area contributed by atoms with Crippen molar-refractivity contribution in [2.45, 2.75) is 0 Å². The molecule has 6 N–H and O–H groups in total. The van der Waals surface area contributed by atoms with Crippen LogP contribution in [0.5, 0.6) is 11.5 Å². The van der Waals surface area contributed by atoms with Gasteiger partial charge in [-0.05, 0) is 36.4 Å². The van der Waals surface area contributed by atoms with E-state index in [1.807, 2.05) is 24.3 Å². The second-order valence-corrected chi connectivity index (χ2v) is 9.48. The number of hydrogen-bond acceptors (Lipinski definition) is 11. The van der Waals surface area contributed by atoms with E-state index in [0.717, 1.165) is 10.8 Å². The first kappa shape index (κ1) is 27.5. The topological polar surface area (TPSA) is 220 Å². The summed E-state index contributed by atoms with van der Waals surface area (Å²) in [5.74, 6) is -3.32. The lowest BCUT2D eigenvalue weighted by molar-refractivity contribution is 0.0682. The van der Waals surface area contributed by atoms with Crippen LogP contribution >= 0.6 is 0 Å². The Bertz CT molecular complexity index is 2180. The third kappa shape index (κ3) is 5.09. The number of carbonyl (C=O) groups is 2. The monoisotopic (exact) mass is 588 g/mol. The molecule has 3 heterocycles. The predicted molar refractivity (Wildman–Crippen MR) is 158 cm³/mol. The number of aromatic carboxylic acids is 2. The molecule has 0 saturated carbocycles. The van der Waals surface area contributed by atoms with Gasteiger partial charge in [0.1, 0.15) is 34.0 Å². The van der Waals surface area contributed by atoms with E-state index >= 15 is 0 Å². The minimum absolute atomic E-state index is 0.168. The van der Waals surface area contributed by atoms with Gasteiger partial charge in [0.25, 0.3) is 0 Å². The molecule has 3 aromatic heterocycles. The van der Waals surface area contributed by atoms with Gasteiger partial charge in [0.05, 0.1) is 34.3 Å². The number of rotatable bonds is 8. The number of nitrogens with one attached hydrogen (secondary N) is 2. The predicted octanol–water partition coefficient (Wildman–Crippen LogP) is 5.28. The number of anilines is 1. The normalized spacial score (nSPS) is 11.5. The van der Waals surface area contributed by atoms with Crippen LogP contribution in [-0.4, -0.2) is 57.3 Å². The number of nitrogens with zero attached hydrogens (tertiary/aromatic N) is 6. The summed E-state index contributed by atoms with van der Waals surface area (Å²) < 4.78 is 1.39. The van der Waals surface area contributed by atoms with Gasteiger partial charge in [-0.15, -0.1) is 5.10 Å². The molecule has 14 heteroatoms. The molecule has 6 rings (SSSR count). The molecule has 0 radical (unpaired) electrons. The van der Waals surface area contributed by atoms with Crippen LogP contribution in [-0.2, 0) is 0 Å². The van der Waals surface area contributed by atoms with E-state index in [2.05, 4.69) is 20.7 Å². The number of aromatic nitrogens is 5. The summed E-state index contributed by atoms with van der Waals surface area (Å²) in [7, 11) is 0. The van der Waals surface area contributed by atoms with Gasteiger partial charge in [-0.1, -0.05) is 29.5 Å². The quantitative estimate of drug-likeness (QED) is 0.0991. The van der Waals surface area contributed by atoms with Gasteiger partial charge in [0.15, 0.2) is 0 Å². The zero-order chi connectivity index (χ0) is 31.0. The summed E-state index contributed by atoms with van der Waals surface area (Å²) in [4.78, 5) is 31.9. The first-order valence-electron chi connectivity index (χ1n) is 12.8. The minimum Gasteiger partial charge on any atom is -0.507 e.